The molecule has 0 unspecified atom stereocenters. The van der Waals surface area contributed by atoms with Crippen molar-refractivity contribution in [2.75, 3.05) is 0 Å². The Kier molecular flexibility index (Phi) is 15.0. The van der Waals surface area contributed by atoms with Gasteiger partial charge in [0.05, 0.1) is 22.1 Å². The lowest BCUT2D eigenvalue weighted by atomic mass is 9.82. The predicted octanol–water partition coefficient (Wildman–Crippen LogP) is 30.8. The molecule has 114 heavy (non-hydrogen) atoms. The van der Waals surface area contributed by atoms with Crippen molar-refractivity contribution < 1.29 is 0 Å². The molecule has 2 aromatic heterocycles. The van der Waals surface area contributed by atoms with E-state index in [9.17, 15) is 0 Å². The molecule has 0 N–H and O–H groups in total. The fraction of sp³-hybridized carbons (Fsp3) is 0. The monoisotopic (exact) mass is 1440 g/mol. The van der Waals surface area contributed by atoms with Crippen LogP contribution in [-0.4, -0.2) is 9.13 Å². The van der Waals surface area contributed by atoms with E-state index in [1.807, 2.05) is 0 Å². The van der Waals surface area contributed by atoms with Crippen molar-refractivity contribution in [2.45, 2.75) is 0 Å². The van der Waals surface area contributed by atoms with E-state index >= 15 is 0 Å². The van der Waals surface area contributed by atoms with Crippen LogP contribution in [0.4, 0.5) is 0 Å². The first kappa shape index (κ1) is 65.0. The van der Waals surface area contributed by atoms with E-state index in [0.717, 1.165) is 11.4 Å². The van der Waals surface area contributed by atoms with Crippen molar-refractivity contribution in [3.8, 4) is 145 Å². The molecule has 0 saturated carbocycles. The molecule has 0 aliphatic heterocycles. The van der Waals surface area contributed by atoms with Crippen molar-refractivity contribution >= 4 is 86.7 Å². The van der Waals surface area contributed by atoms with Gasteiger partial charge in [0, 0.05) is 38.3 Å². The SMILES string of the molecule is c1ccc(-c2cc(-c3ccc(-c4cccc(-n5c6ccccc6c6c7ccccc7ccc65)c4)cc3)c(-c3ccccc3)c3c2-c2cccc4cccc-3c24)cc1.c1ccc(-c2cc(-c3ccc(-c4cccc(-n5c6ccccc6c6ccc7ccccc7c65)c4)cc3)c(-c3ccccc3)c3c2-c2cccc4cccc-3c24)cc1. The Morgan fingerprint density at radius 1 is 0.140 bits per heavy atom. The second kappa shape index (κ2) is 26.4. The maximum atomic E-state index is 2.45. The van der Waals surface area contributed by atoms with E-state index < -0.39 is 0 Å². The Hall–Kier alpha value is -15.0. The van der Waals surface area contributed by atoms with Crippen LogP contribution in [-0.2, 0) is 0 Å². The van der Waals surface area contributed by atoms with Crippen LogP contribution < -0.4 is 0 Å². The number of hydrogen-bond acceptors (Lipinski definition) is 0. The summed E-state index contributed by atoms with van der Waals surface area (Å²) < 4.78 is 4.88. The molecule has 22 aromatic rings. The predicted molar refractivity (Wildman–Crippen MR) is 484 cm³/mol. The Labute approximate surface area is 660 Å². The smallest absolute Gasteiger partial charge is 0.0619 e. The highest BCUT2D eigenvalue weighted by Gasteiger charge is 2.33. The Morgan fingerprint density at radius 2 is 0.482 bits per heavy atom. The molecule has 24 rings (SSSR count). The lowest BCUT2D eigenvalue weighted by Crippen LogP contribution is -1.95. The van der Waals surface area contributed by atoms with Gasteiger partial charge in [0.2, 0.25) is 0 Å². The van der Waals surface area contributed by atoms with E-state index in [-0.39, 0.29) is 0 Å². The Bertz CT molecular complexity index is 7640. The number of nitrogens with zero attached hydrogens (tertiary/aromatic N) is 2. The standard InChI is InChI=1S/2C56H35N/c1-3-14-37(15-4-1)50-35-49(53(41-17-5-2-6-18-41)55-48-26-13-20-40-19-12-25-47(52(40)48)54(50)55)39-30-28-36(29-31-39)42-21-11-22-43(34-42)57-51-27-10-9-24-45(51)46-33-32-38-16-7-8-23-44(38)56(46)57;1-3-14-37(15-4-1)49-35-48(53(41-17-5-2-6-18-41)56-47-26-13-20-40-19-12-25-46(52(40)47)55(49)56)39-30-28-36(29-31-39)42-21-11-22-43(34-42)57-50-27-10-9-24-45(50)54-44-23-8-7-16-38(44)32-33-51(54)57/h2*1-35H. The van der Waals surface area contributed by atoms with Crippen LogP contribution in [0.5, 0.6) is 0 Å². The molecule has 0 amide bonds. The van der Waals surface area contributed by atoms with E-state index in [4.69, 9.17) is 0 Å². The van der Waals surface area contributed by atoms with Crippen LogP contribution in [0.3, 0.4) is 0 Å². The summed E-state index contributed by atoms with van der Waals surface area (Å²) in [7, 11) is 0. The minimum Gasteiger partial charge on any atom is -0.309 e. The van der Waals surface area contributed by atoms with Gasteiger partial charge in [-0.1, -0.05) is 370 Å². The number of fused-ring (bicyclic) bond motifs is 16. The highest BCUT2D eigenvalue weighted by atomic mass is 15.0. The van der Waals surface area contributed by atoms with Crippen molar-refractivity contribution in [3.63, 3.8) is 0 Å². The largest absolute Gasteiger partial charge is 0.309 e. The molecule has 0 bridgehead atoms. The fourth-order valence-corrected chi connectivity index (χ4v) is 19.3. The Morgan fingerprint density at radius 3 is 0.982 bits per heavy atom. The molecule has 2 heterocycles. The topological polar surface area (TPSA) is 9.86 Å². The second-order valence-electron chi connectivity index (χ2n) is 30.4. The number of hydrogen-bond donors (Lipinski definition) is 0. The molecular formula is C112H70N2. The number of para-hydroxylation sites is 2. The summed E-state index contributed by atoms with van der Waals surface area (Å²) in [5.74, 6) is 0. The summed E-state index contributed by atoms with van der Waals surface area (Å²) in [4.78, 5) is 0. The van der Waals surface area contributed by atoms with E-state index in [1.165, 1.54) is 220 Å². The van der Waals surface area contributed by atoms with Crippen molar-refractivity contribution in [3.05, 3.63) is 425 Å². The zero-order chi connectivity index (χ0) is 74.9. The Balaban J connectivity index is 0.000000135. The van der Waals surface area contributed by atoms with E-state index in [1.54, 1.807) is 0 Å². The van der Waals surface area contributed by atoms with Gasteiger partial charge in [-0.15, -0.1) is 0 Å². The first-order chi connectivity index (χ1) is 56.6. The van der Waals surface area contributed by atoms with Gasteiger partial charge in [-0.3, -0.25) is 0 Å². The summed E-state index contributed by atoms with van der Waals surface area (Å²) in [5, 5.41) is 15.4. The summed E-state index contributed by atoms with van der Waals surface area (Å²) >= 11 is 0. The van der Waals surface area contributed by atoms with Crippen molar-refractivity contribution in [2.24, 2.45) is 0 Å². The molecule has 2 aliphatic carbocycles. The zero-order valence-corrected chi connectivity index (χ0v) is 62.3. The third-order valence-electron chi connectivity index (χ3n) is 24.2. The average molecular weight is 1440 g/mol. The van der Waals surface area contributed by atoms with Crippen LogP contribution in [0.15, 0.2) is 425 Å². The quantitative estimate of drug-likeness (QED) is 0.129. The third-order valence-corrected chi connectivity index (χ3v) is 24.2. The minimum atomic E-state index is 1.16. The molecule has 2 nitrogen and oxygen atoms in total. The molecular weight excluding hydrogens is 1370 g/mol. The van der Waals surface area contributed by atoms with E-state index in [2.05, 4.69) is 434 Å². The third kappa shape index (κ3) is 10.3. The van der Waals surface area contributed by atoms with Crippen LogP contribution in [0.25, 0.3) is 232 Å². The maximum absolute atomic E-state index is 2.45. The molecule has 0 radical (unpaired) electrons. The minimum absolute atomic E-state index is 1.16. The molecule has 20 aromatic carbocycles. The van der Waals surface area contributed by atoms with E-state index in [0.29, 0.717) is 0 Å². The molecule has 528 valence electrons. The van der Waals surface area contributed by atoms with Crippen LogP contribution in [0.2, 0.25) is 0 Å². The van der Waals surface area contributed by atoms with Gasteiger partial charge in [0.1, 0.15) is 0 Å². The zero-order valence-electron chi connectivity index (χ0n) is 62.3. The van der Waals surface area contributed by atoms with Gasteiger partial charge in [-0.05, 0) is 226 Å². The highest BCUT2D eigenvalue weighted by Crippen LogP contribution is 2.60. The maximum Gasteiger partial charge on any atom is 0.0619 e. The number of benzene rings is 20. The van der Waals surface area contributed by atoms with Gasteiger partial charge < -0.3 is 9.13 Å². The molecule has 0 fully saturated rings. The summed E-state index contributed by atoms with van der Waals surface area (Å²) in [6.45, 7) is 0. The summed E-state index contributed by atoms with van der Waals surface area (Å²) in [6.07, 6.45) is 0. The normalized spacial score (nSPS) is 11.9. The van der Waals surface area contributed by atoms with Gasteiger partial charge in [0.25, 0.3) is 0 Å². The highest BCUT2D eigenvalue weighted by molar-refractivity contribution is 6.26. The lowest BCUT2D eigenvalue weighted by molar-refractivity contribution is 1.18. The molecule has 0 atom stereocenters. The lowest BCUT2D eigenvalue weighted by Gasteiger charge is -2.21. The second-order valence-corrected chi connectivity index (χ2v) is 30.4. The molecule has 2 aliphatic rings. The van der Waals surface area contributed by atoms with Crippen molar-refractivity contribution in [1.82, 2.24) is 9.13 Å². The van der Waals surface area contributed by atoms with Gasteiger partial charge in [-0.25, -0.2) is 0 Å². The number of aromatic nitrogens is 2. The fourth-order valence-electron chi connectivity index (χ4n) is 19.3. The van der Waals surface area contributed by atoms with Gasteiger partial charge >= 0.3 is 0 Å². The summed E-state index contributed by atoms with van der Waals surface area (Å²) in [6, 6.07) is 156. The van der Waals surface area contributed by atoms with Gasteiger partial charge in [-0.2, -0.15) is 0 Å². The average Bonchev–Trinajstić information content (AvgIpc) is 1.55. The first-order valence-electron chi connectivity index (χ1n) is 39.5. The first-order valence-corrected chi connectivity index (χ1v) is 39.5. The molecule has 0 saturated heterocycles. The summed E-state index contributed by atoms with van der Waals surface area (Å²) in [5.41, 5.74) is 37.4. The molecule has 0 spiro atoms. The van der Waals surface area contributed by atoms with Crippen LogP contribution in [0, 0.1) is 0 Å². The van der Waals surface area contributed by atoms with Crippen LogP contribution in [0.1, 0.15) is 0 Å². The van der Waals surface area contributed by atoms with Crippen molar-refractivity contribution in [1.29, 1.82) is 0 Å². The number of rotatable bonds is 10. The molecule has 2 heteroatoms. The van der Waals surface area contributed by atoms with Gasteiger partial charge in [0.15, 0.2) is 0 Å². The van der Waals surface area contributed by atoms with Crippen LogP contribution >= 0.6 is 0 Å².